The van der Waals surface area contributed by atoms with Crippen LogP contribution in [0.2, 0.25) is 0 Å². The van der Waals surface area contributed by atoms with E-state index in [4.69, 9.17) is 9.47 Å². The molecule has 2 aromatic carbocycles. The number of carbonyl (C=O) groups is 2. The van der Waals surface area contributed by atoms with Crippen molar-refractivity contribution in [2.45, 2.75) is 11.1 Å². The molecule has 0 aliphatic heterocycles. The van der Waals surface area contributed by atoms with Crippen LogP contribution in [0.4, 0.5) is 18.9 Å². The average Bonchev–Trinajstić information content (AvgIpc) is 2.64. The zero-order valence-corrected chi connectivity index (χ0v) is 15.0. The van der Waals surface area contributed by atoms with Crippen molar-refractivity contribution in [3.05, 3.63) is 54.1 Å². The minimum Gasteiger partial charge on any atom is -0.497 e. The Morgan fingerprint density at radius 1 is 1.07 bits per heavy atom. The van der Waals surface area contributed by atoms with Gasteiger partial charge in [-0.25, -0.2) is 0 Å². The van der Waals surface area contributed by atoms with Crippen LogP contribution in [-0.4, -0.2) is 31.3 Å². The minimum absolute atomic E-state index is 0.0429. The fraction of sp³-hybridized carbons (Fsp3) is 0.222. The van der Waals surface area contributed by atoms with Crippen LogP contribution in [0.5, 0.6) is 5.75 Å². The SMILES string of the molecule is COc1ccc(SCC(=O)OCC(=O)Nc2ccccc2C(F)(F)F)cc1. The third-order valence-corrected chi connectivity index (χ3v) is 4.27. The number of thioether (sulfide) groups is 1. The van der Waals surface area contributed by atoms with E-state index in [0.29, 0.717) is 5.75 Å². The van der Waals surface area contributed by atoms with Crippen molar-refractivity contribution in [2.24, 2.45) is 0 Å². The molecular formula is C18H16F3NO4S. The topological polar surface area (TPSA) is 64.6 Å². The summed E-state index contributed by atoms with van der Waals surface area (Å²) < 4.78 is 48.4. The number of hydrogen-bond donors (Lipinski definition) is 1. The Morgan fingerprint density at radius 3 is 2.37 bits per heavy atom. The summed E-state index contributed by atoms with van der Waals surface area (Å²) in [5.41, 5.74) is -1.36. The Balaban J connectivity index is 1.80. The van der Waals surface area contributed by atoms with E-state index in [1.807, 2.05) is 0 Å². The van der Waals surface area contributed by atoms with Crippen molar-refractivity contribution in [3.63, 3.8) is 0 Å². The van der Waals surface area contributed by atoms with E-state index in [2.05, 4.69) is 5.32 Å². The van der Waals surface area contributed by atoms with E-state index in [0.717, 1.165) is 17.0 Å². The van der Waals surface area contributed by atoms with E-state index in [1.54, 1.807) is 24.3 Å². The lowest BCUT2D eigenvalue weighted by Crippen LogP contribution is -2.23. The van der Waals surface area contributed by atoms with Gasteiger partial charge in [0.15, 0.2) is 6.61 Å². The second-order valence-corrected chi connectivity index (χ2v) is 6.27. The van der Waals surface area contributed by atoms with Crippen LogP contribution in [0.1, 0.15) is 5.56 Å². The van der Waals surface area contributed by atoms with Crippen molar-refractivity contribution < 1.29 is 32.2 Å². The summed E-state index contributed by atoms with van der Waals surface area (Å²) in [5.74, 6) is -0.874. The summed E-state index contributed by atoms with van der Waals surface area (Å²) in [5, 5.41) is 2.10. The first-order chi connectivity index (χ1) is 12.8. The smallest absolute Gasteiger partial charge is 0.418 e. The lowest BCUT2D eigenvalue weighted by atomic mass is 10.1. The molecule has 0 bridgehead atoms. The van der Waals surface area contributed by atoms with Crippen LogP contribution >= 0.6 is 11.8 Å². The van der Waals surface area contributed by atoms with Crippen LogP contribution in [0, 0.1) is 0 Å². The van der Waals surface area contributed by atoms with Crippen molar-refractivity contribution >= 4 is 29.3 Å². The van der Waals surface area contributed by atoms with Gasteiger partial charge in [0.2, 0.25) is 0 Å². The first-order valence-electron chi connectivity index (χ1n) is 7.68. The third kappa shape index (κ3) is 6.52. The van der Waals surface area contributed by atoms with Crippen molar-refractivity contribution in [2.75, 3.05) is 24.8 Å². The first kappa shape index (κ1) is 20.6. The number of esters is 1. The number of ether oxygens (including phenoxy) is 2. The molecule has 0 aromatic heterocycles. The molecule has 1 N–H and O–H groups in total. The fourth-order valence-corrected chi connectivity index (χ4v) is 2.72. The van der Waals surface area contributed by atoms with Crippen LogP contribution in [0.3, 0.4) is 0 Å². The molecule has 0 aliphatic carbocycles. The number of benzene rings is 2. The third-order valence-electron chi connectivity index (χ3n) is 3.29. The predicted octanol–water partition coefficient (Wildman–Crippen LogP) is 3.99. The number of hydrogen-bond acceptors (Lipinski definition) is 5. The molecule has 0 unspecified atom stereocenters. The lowest BCUT2D eigenvalue weighted by Gasteiger charge is -2.13. The molecule has 9 heteroatoms. The number of nitrogens with one attached hydrogen (secondary N) is 1. The van der Waals surface area contributed by atoms with Crippen molar-refractivity contribution in [1.29, 1.82) is 0 Å². The molecule has 0 spiro atoms. The van der Waals surface area contributed by atoms with E-state index < -0.39 is 35.9 Å². The largest absolute Gasteiger partial charge is 0.497 e. The summed E-state index contributed by atoms with van der Waals surface area (Å²) >= 11 is 1.20. The number of para-hydroxylation sites is 1. The summed E-state index contributed by atoms with van der Waals surface area (Å²) in [6.07, 6.45) is -4.60. The number of amides is 1. The summed E-state index contributed by atoms with van der Waals surface area (Å²) in [6, 6.07) is 11.6. The van der Waals surface area contributed by atoms with Gasteiger partial charge in [-0.3, -0.25) is 9.59 Å². The Kier molecular flexibility index (Phi) is 7.12. The molecule has 0 radical (unpaired) electrons. The highest BCUT2D eigenvalue weighted by molar-refractivity contribution is 8.00. The number of rotatable bonds is 7. The number of alkyl halides is 3. The van der Waals surface area contributed by atoms with E-state index in [-0.39, 0.29) is 5.75 Å². The molecule has 2 aromatic rings. The molecule has 5 nitrogen and oxygen atoms in total. The standard InChI is InChI=1S/C18H16F3NO4S/c1-25-12-6-8-13(9-7-12)27-11-17(24)26-10-16(23)22-15-5-3-2-4-14(15)18(19,20)21/h2-9H,10-11H2,1H3,(H,22,23). The highest BCUT2D eigenvalue weighted by Gasteiger charge is 2.33. The molecule has 0 atom stereocenters. The molecule has 0 saturated carbocycles. The molecule has 0 fully saturated rings. The van der Waals surface area contributed by atoms with Gasteiger partial charge >= 0.3 is 12.1 Å². The zero-order chi connectivity index (χ0) is 19.9. The molecule has 1 amide bonds. The van der Waals surface area contributed by atoms with Crippen molar-refractivity contribution in [3.8, 4) is 5.75 Å². The minimum atomic E-state index is -4.60. The maximum atomic E-state index is 12.9. The summed E-state index contributed by atoms with van der Waals surface area (Å²) in [7, 11) is 1.54. The van der Waals surface area contributed by atoms with Gasteiger partial charge in [0.25, 0.3) is 5.91 Å². The molecule has 2 rings (SSSR count). The maximum Gasteiger partial charge on any atom is 0.418 e. The Hall–Kier alpha value is -2.68. The summed E-state index contributed by atoms with van der Waals surface area (Å²) in [4.78, 5) is 24.3. The Bertz CT molecular complexity index is 794. The summed E-state index contributed by atoms with van der Waals surface area (Å²) in [6.45, 7) is -0.672. The number of carbonyl (C=O) groups excluding carboxylic acids is 2. The fourth-order valence-electron chi connectivity index (χ4n) is 2.03. The first-order valence-corrected chi connectivity index (χ1v) is 8.66. The second kappa shape index (κ2) is 9.31. The number of anilines is 1. The highest BCUT2D eigenvalue weighted by atomic mass is 32.2. The van der Waals surface area contributed by atoms with Crippen LogP contribution in [0.15, 0.2) is 53.4 Å². The molecule has 0 aliphatic rings. The van der Waals surface area contributed by atoms with Crippen LogP contribution in [-0.2, 0) is 20.5 Å². The molecule has 144 valence electrons. The van der Waals surface area contributed by atoms with E-state index in [9.17, 15) is 22.8 Å². The molecule has 0 saturated heterocycles. The van der Waals surface area contributed by atoms with Gasteiger partial charge in [-0.15, -0.1) is 11.8 Å². The zero-order valence-electron chi connectivity index (χ0n) is 14.2. The Morgan fingerprint density at radius 2 is 1.74 bits per heavy atom. The van der Waals surface area contributed by atoms with E-state index >= 15 is 0 Å². The predicted molar refractivity (Wildman–Crippen MR) is 94.8 cm³/mol. The van der Waals surface area contributed by atoms with Gasteiger partial charge in [0, 0.05) is 4.90 Å². The maximum absolute atomic E-state index is 12.9. The second-order valence-electron chi connectivity index (χ2n) is 5.22. The van der Waals surface area contributed by atoms with Gasteiger partial charge < -0.3 is 14.8 Å². The lowest BCUT2D eigenvalue weighted by molar-refractivity contribution is -0.144. The van der Waals surface area contributed by atoms with Gasteiger partial charge in [-0.05, 0) is 36.4 Å². The Labute approximate surface area is 157 Å². The van der Waals surface area contributed by atoms with Crippen LogP contribution < -0.4 is 10.1 Å². The van der Waals surface area contributed by atoms with Crippen LogP contribution in [0.25, 0.3) is 0 Å². The average molecular weight is 399 g/mol. The highest BCUT2D eigenvalue weighted by Crippen LogP contribution is 2.34. The van der Waals surface area contributed by atoms with Gasteiger partial charge in [0.1, 0.15) is 5.75 Å². The quantitative estimate of drug-likeness (QED) is 0.564. The molecular weight excluding hydrogens is 383 g/mol. The van der Waals surface area contributed by atoms with Crippen molar-refractivity contribution in [1.82, 2.24) is 0 Å². The monoisotopic (exact) mass is 399 g/mol. The van der Waals surface area contributed by atoms with Gasteiger partial charge in [0.05, 0.1) is 24.1 Å². The van der Waals surface area contributed by atoms with Gasteiger partial charge in [-0.2, -0.15) is 13.2 Å². The van der Waals surface area contributed by atoms with E-state index in [1.165, 1.54) is 31.0 Å². The molecule has 27 heavy (non-hydrogen) atoms. The number of methoxy groups -OCH3 is 1. The normalized spacial score (nSPS) is 11.0. The molecule has 0 heterocycles. The van der Waals surface area contributed by atoms with Gasteiger partial charge in [-0.1, -0.05) is 12.1 Å². The number of halogens is 3.